The Balaban J connectivity index is 4.25. The van der Waals surface area contributed by atoms with Crippen molar-refractivity contribution in [2.45, 2.75) is 39.2 Å². The van der Waals surface area contributed by atoms with E-state index in [4.69, 9.17) is 16.3 Å². The molecule has 0 aromatic carbocycles. The van der Waals surface area contributed by atoms with Crippen LogP contribution in [0.3, 0.4) is 0 Å². The van der Waals surface area contributed by atoms with E-state index in [0.29, 0.717) is 0 Å². The highest BCUT2D eigenvalue weighted by Crippen LogP contribution is 2.14. The highest BCUT2D eigenvalue weighted by Gasteiger charge is 2.24. The molecule has 0 heterocycles. The summed E-state index contributed by atoms with van der Waals surface area (Å²) >= 11 is 0. The number of hydrogen-bond acceptors (Lipinski definition) is 3. The van der Waals surface area contributed by atoms with E-state index < -0.39 is 23.5 Å². The van der Waals surface area contributed by atoms with E-state index in [1.165, 1.54) is 0 Å². The Morgan fingerprint density at radius 2 is 2.00 bits per heavy atom. The normalized spacial score (nSPS) is 12.7. The summed E-state index contributed by atoms with van der Waals surface area (Å²) in [4.78, 5) is 22.0. The molecule has 0 aliphatic carbocycles. The number of hydrogen-bond donors (Lipinski definition) is 1. The van der Waals surface area contributed by atoms with Crippen molar-refractivity contribution < 1.29 is 19.4 Å². The fourth-order valence-corrected chi connectivity index (χ4v) is 0.973. The lowest BCUT2D eigenvalue weighted by Crippen LogP contribution is -2.27. The van der Waals surface area contributed by atoms with Gasteiger partial charge in [0.25, 0.3) is 0 Å². The molecule has 0 fully saturated rings. The lowest BCUT2D eigenvalue weighted by atomic mass is 10.0. The minimum atomic E-state index is -1.07. The second kappa shape index (κ2) is 5.40. The van der Waals surface area contributed by atoms with Crippen molar-refractivity contribution in [1.29, 1.82) is 0 Å². The first-order valence-electron chi connectivity index (χ1n) is 4.64. The Kier molecular flexibility index (Phi) is 4.86. The number of aliphatic carboxylic acids is 1. The second-order valence-corrected chi connectivity index (χ2v) is 4.23. The molecule has 0 saturated heterocycles. The SMILES string of the molecule is C#CC[C@H](CC(=O)OC(C)(C)C)C(=O)O. The fraction of sp³-hybridized carbons (Fsp3) is 0.636. The smallest absolute Gasteiger partial charge is 0.308 e. The summed E-state index contributed by atoms with van der Waals surface area (Å²) in [5.74, 6) is -0.235. The van der Waals surface area contributed by atoms with Gasteiger partial charge < -0.3 is 9.84 Å². The predicted octanol–water partition coefficient (Wildman–Crippen LogP) is 1.44. The van der Waals surface area contributed by atoms with Crippen LogP contribution in [-0.2, 0) is 14.3 Å². The van der Waals surface area contributed by atoms with Crippen LogP contribution in [0.25, 0.3) is 0 Å². The van der Waals surface area contributed by atoms with Gasteiger partial charge >= 0.3 is 11.9 Å². The number of carboxylic acid groups (broad SMARTS) is 1. The summed E-state index contributed by atoms with van der Waals surface area (Å²) in [7, 11) is 0. The fourth-order valence-electron chi connectivity index (χ4n) is 0.973. The van der Waals surface area contributed by atoms with E-state index in [1.807, 2.05) is 0 Å². The molecule has 0 aromatic rings. The molecule has 1 atom stereocenters. The number of carbonyl (C=O) groups excluding carboxylic acids is 1. The largest absolute Gasteiger partial charge is 0.481 e. The third kappa shape index (κ3) is 6.55. The molecule has 15 heavy (non-hydrogen) atoms. The molecular weight excluding hydrogens is 196 g/mol. The third-order valence-corrected chi connectivity index (χ3v) is 1.55. The van der Waals surface area contributed by atoms with Crippen LogP contribution < -0.4 is 0 Å². The summed E-state index contributed by atoms with van der Waals surface area (Å²) in [6.07, 6.45) is 4.86. The van der Waals surface area contributed by atoms with Crippen LogP contribution >= 0.6 is 0 Å². The maximum absolute atomic E-state index is 11.3. The number of ether oxygens (including phenoxy) is 1. The number of esters is 1. The van der Waals surface area contributed by atoms with Gasteiger partial charge in [-0.25, -0.2) is 0 Å². The topological polar surface area (TPSA) is 63.6 Å². The van der Waals surface area contributed by atoms with Crippen molar-refractivity contribution in [3.05, 3.63) is 0 Å². The van der Waals surface area contributed by atoms with Crippen LogP contribution in [0.1, 0.15) is 33.6 Å². The summed E-state index contributed by atoms with van der Waals surface area (Å²) in [6.45, 7) is 5.17. The van der Waals surface area contributed by atoms with Crippen LogP contribution in [0.5, 0.6) is 0 Å². The Morgan fingerprint density at radius 3 is 2.33 bits per heavy atom. The lowest BCUT2D eigenvalue weighted by Gasteiger charge is -2.20. The molecule has 0 saturated carbocycles. The van der Waals surface area contributed by atoms with Gasteiger partial charge in [0.2, 0.25) is 0 Å². The molecule has 0 amide bonds. The second-order valence-electron chi connectivity index (χ2n) is 4.23. The molecule has 0 bridgehead atoms. The Bertz CT molecular complexity index is 280. The zero-order chi connectivity index (χ0) is 12.1. The molecule has 84 valence electrons. The quantitative estimate of drug-likeness (QED) is 0.565. The van der Waals surface area contributed by atoms with Crippen molar-refractivity contribution in [2.24, 2.45) is 5.92 Å². The monoisotopic (exact) mass is 212 g/mol. The number of carboxylic acids is 1. The number of rotatable bonds is 4. The van der Waals surface area contributed by atoms with E-state index in [1.54, 1.807) is 20.8 Å². The Labute approximate surface area is 89.6 Å². The van der Waals surface area contributed by atoms with Crippen LogP contribution in [0.4, 0.5) is 0 Å². The van der Waals surface area contributed by atoms with Gasteiger partial charge in [-0.2, -0.15) is 0 Å². The molecule has 0 rings (SSSR count). The number of terminal acetylenes is 1. The van der Waals surface area contributed by atoms with Gasteiger partial charge in [0.15, 0.2) is 0 Å². The molecule has 0 aliphatic heterocycles. The van der Waals surface area contributed by atoms with Crippen molar-refractivity contribution in [2.75, 3.05) is 0 Å². The van der Waals surface area contributed by atoms with Crippen LogP contribution in [0.15, 0.2) is 0 Å². The van der Waals surface area contributed by atoms with E-state index in [9.17, 15) is 9.59 Å². The Hall–Kier alpha value is -1.50. The van der Waals surface area contributed by atoms with E-state index in [-0.39, 0.29) is 12.8 Å². The highest BCUT2D eigenvalue weighted by molar-refractivity contribution is 5.79. The molecule has 4 heteroatoms. The van der Waals surface area contributed by atoms with Gasteiger partial charge in [-0.1, -0.05) is 0 Å². The first kappa shape index (κ1) is 13.5. The van der Waals surface area contributed by atoms with Gasteiger partial charge in [0, 0.05) is 6.42 Å². The summed E-state index contributed by atoms with van der Waals surface area (Å²) < 4.78 is 4.99. The van der Waals surface area contributed by atoms with Gasteiger partial charge in [-0.05, 0) is 20.8 Å². The molecule has 0 radical (unpaired) electrons. The predicted molar refractivity (Wildman–Crippen MR) is 55.0 cm³/mol. The number of carbonyl (C=O) groups is 2. The Morgan fingerprint density at radius 1 is 1.47 bits per heavy atom. The molecule has 4 nitrogen and oxygen atoms in total. The zero-order valence-corrected chi connectivity index (χ0v) is 9.24. The maximum atomic E-state index is 11.3. The van der Waals surface area contributed by atoms with Crippen molar-refractivity contribution in [3.63, 3.8) is 0 Å². The van der Waals surface area contributed by atoms with E-state index in [2.05, 4.69) is 5.92 Å². The van der Waals surface area contributed by atoms with E-state index >= 15 is 0 Å². The summed E-state index contributed by atoms with van der Waals surface area (Å²) in [6, 6.07) is 0. The third-order valence-electron chi connectivity index (χ3n) is 1.55. The molecular formula is C11H16O4. The van der Waals surface area contributed by atoms with Crippen LogP contribution in [0, 0.1) is 18.3 Å². The van der Waals surface area contributed by atoms with Gasteiger partial charge in [0.05, 0.1) is 12.3 Å². The molecule has 0 spiro atoms. The standard InChI is InChI=1S/C11H16O4/c1-5-6-8(10(13)14)7-9(12)15-11(2,3)4/h1,8H,6-7H2,2-4H3,(H,13,14)/t8-/m1/s1. The van der Waals surface area contributed by atoms with Crippen molar-refractivity contribution in [1.82, 2.24) is 0 Å². The first-order chi connectivity index (χ1) is 6.76. The van der Waals surface area contributed by atoms with Crippen LogP contribution in [0.2, 0.25) is 0 Å². The summed E-state index contributed by atoms with van der Waals surface area (Å²) in [5, 5.41) is 8.75. The molecule has 1 N–H and O–H groups in total. The van der Waals surface area contributed by atoms with Gasteiger partial charge in [-0.3, -0.25) is 9.59 Å². The lowest BCUT2D eigenvalue weighted by molar-refractivity contribution is -0.159. The van der Waals surface area contributed by atoms with Crippen LogP contribution in [-0.4, -0.2) is 22.6 Å². The molecule has 0 aromatic heterocycles. The van der Waals surface area contributed by atoms with Crippen molar-refractivity contribution >= 4 is 11.9 Å². The maximum Gasteiger partial charge on any atom is 0.308 e. The van der Waals surface area contributed by atoms with Gasteiger partial charge in [-0.15, -0.1) is 12.3 Å². The summed E-state index contributed by atoms with van der Waals surface area (Å²) in [5.41, 5.74) is -0.601. The zero-order valence-electron chi connectivity index (χ0n) is 9.24. The van der Waals surface area contributed by atoms with Gasteiger partial charge in [0.1, 0.15) is 5.60 Å². The molecule has 0 aliphatic rings. The minimum absolute atomic E-state index is 0.0363. The highest BCUT2D eigenvalue weighted by atomic mass is 16.6. The average molecular weight is 212 g/mol. The molecule has 0 unspecified atom stereocenters. The first-order valence-corrected chi connectivity index (χ1v) is 4.64. The average Bonchev–Trinajstić information content (AvgIpc) is 1.99. The van der Waals surface area contributed by atoms with E-state index in [0.717, 1.165) is 0 Å². The van der Waals surface area contributed by atoms with Crippen molar-refractivity contribution in [3.8, 4) is 12.3 Å². The minimum Gasteiger partial charge on any atom is -0.481 e.